The predicted molar refractivity (Wildman–Crippen MR) is 189 cm³/mol. The minimum Gasteiger partial charge on any atom is -0.471 e. The van der Waals surface area contributed by atoms with Crippen molar-refractivity contribution < 1.29 is 27.5 Å². The van der Waals surface area contributed by atoms with Gasteiger partial charge in [0, 0.05) is 18.0 Å². The van der Waals surface area contributed by atoms with Gasteiger partial charge in [-0.25, -0.2) is 18.4 Å². The van der Waals surface area contributed by atoms with Crippen molar-refractivity contribution in [3.63, 3.8) is 0 Å². The highest BCUT2D eigenvalue weighted by Crippen LogP contribution is 2.47. The molecular formula is C37H44N6O6S. The predicted octanol–water partition coefficient (Wildman–Crippen LogP) is 4.16. The molecular weight excluding hydrogens is 657 g/mol. The number of carbonyl (C=O) groups excluding carboxylic acids is 3. The molecule has 3 fully saturated rings. The number of nitrogens with one attached hydrogen (secondary N) is 3. The lowest BCUT2D eigenvalue weighted by Crippen LogP contribution is -2.58. The number of hydrogen-bond donors (Lipinski definition) is 3. The second-order valence-corrected chi connectivity index (χ2v) is 16.6. The molecule has 1 aromatic heterocycles. The number of aromatic nitrogens is 2. The van der Waals surface area contributed by atoms with Crippen LogP contribution in [0.4, 0.5) is 5.69 Å². The van der Waals surface area contributed by atoms with Crippen LogP contribution in [0.15, 0.2) is 66.7 Å². The van der Waals surface area contributed by atoms with Crippen LogP contribution < -0.4 is 20.1 Å². The summed E-state index contributed by atoms with van der Waals surface area (Å²) in [4.78, 5) is 53.5. The van der Waals surface area contributed by atoms with Crippen LogP contribution in [0.5, 0.6) is 5.88 Å². The molecule has 2 aromatic carbocycles. The van der Waals surface area contributed by atoms with Gasteiger partial charge in [0.15, 0.2) is 0 Å². The third kappa shape index (κ3) is 6.79. The number of nitrogens with zero attached hydrogens (tertiary/aromatic N) is 3. The maximum atomic E-state index is 14.5. The molecule has 13 heteroatoms. The molecule has 0 spiro atoms. The van der Waals surface area contributed by atoms with Crippen molar-refractivity contribution in [2.75, 3.05) is 11.9 Å². The second-order valence-electron chi connectivity index (χ2n) is 14.4. The zero-order chi connectivity index (χ0) is 35.1. The molecule has 0 radical (unpaired) electrons. The van der Waals surface area contributed by atoms with Gasteiger partial charge in [0.2, 0.25) is 27.7 Å². The summed E-state index contributed by atoms with van der Waals surface area (Å²) in [5.74, 6) is -1.57. The first-order valence-electron chi connectivity index (χ1n) is 17.6. The average Bonchev–Trinajstić information content (AvgIpc) is 3.97. The molecule has 5 atom stereocenters. The van der Waals surface area contributed by atoms with Crippen molar-refractivity contribution in [3.05, 3.63) is 72.4 Å². The van der Waals surface area contributed by atoms with Crippen molar-refractivity contribution in [1.29, 1.82) is 0 Å². The summed E-state index contributed by atoms with van der Waals surface area (Å²) in [5.41, 5.74) is 1.33. The van der Waals surface area contributed by atoms with E-state index in [9.17, 15) is 22.8 Å². The van der Waals surface area contributed by atoms with E-state index in [0.29, 0.717) is 36.4 Å². The zero-order valence-electron chi connectivity index (χ0n) is 28.4. The molecule has 2 saturated carbocycles. The van der Waals surface area contributed by atoms with Crippen molar-refractivity contribution >= 4 is 44.5 Å². The first-order valence-corrected chi connectivity index (χ1v) is 19.0. The molecule has 0 bridgehead atoms. The number of sulfonamides is 1. The Bertz CT molecular complexity index is 1930. The lowest BCUT2D eigenvalue weighted by atomic mass is 10.0. The van der Waals surface area contributed by atoms with Crippen molar-refractivity contribution in [1.82, 2.24) is 24.9 Å². The highest BCUT2D eigenvalue weighted by Gasteiger charge is 2.63. The van der Waals surface area contributed by atoms with Crippen molar-refractivity contribution in [3.8, 4) is 5.88 Å². The minimum atomic E-state index is -3.94. The van der Waals surface area contributed by atoms with Crippen molar-refractivity contribution in [2.45, 2.75) is 100 Å². The molecule has 3 N–H and O–H groups in total. The van der Waals surface area contributed by atoms with Gasteiger partial charge in [-0.1, -0.05) is 55.3 Å². The number of benzene rings is 2. The third-order valence-electron chi connectivity index (χ3n) is 10.6. The molecule has 4 aliphatic rings. The van der Waals surface area contributed by atoms with E-state index >= 15 is 0 Å². The topological polar surface area (TPSA) is 160 Å². The number of para-hydroxylation sites is 3. The maximum Gasteiger partial charge on any atom is 0.259 e. The number of allylic oxidation sites excluding steroid dienone is 1. The van der Waals surface area contributed by atoms with Crippen LogP contribution in [-0.2, 0) is 24.4 Å². The van der Waals surface area contributed by atoms with Gasteiger partial charge in [0.1, 0.15) is 29.4 Å². The second kappa shape index (κ2) is 13.3. The number of fused-ring (bicyclic) bond motifs is 3. The highest BCUT2D eigenvalue weighted by atomic mass is 32.2. The van der Waals surface area contributed by atoms with Gasteiger partial charge in [-0.05, 0) is 76.6 Å². The molecule has 2 aliphatic carbocycles. The van der Waals surface area contributed by atoms with E-state index in [2.05, 4.69) is 25.3 Å². The number of anilines is 1. The van der Waals surface area contributed by atoms with Crippen LogP contribution in [0.3, 0.4) is 0 Å². The summed E-state index contributed by atoms with van der Waals surface area (Å²) in [6.07, 6.45) is 8.60. The Morgan fingerprint density at radius 1 is 1.00 bits per heavy atom. The molecule has 3 heterocycles. The molecule has 3 aromatic rings. The Balaban J connectivity index is 1.19. The fourth-order valence-corrected chi connectivity index (χ4v) is 8.34. The average molecular weight is 701 g/mol. The number of ether oxygens (including phenoxy) is 1. The standard InChI is InChI=1S/C37H44N6O6S/c1-24-33(40-29-17-12-11-16-28(29)38-24)49-27-21-31-32(44)41-37(35(46)42-50(47,48)36(2)19-20-36)22-25(37)13-7-4-3-5-10-18-30(34(45)43(31)23-27)39-26-14-8-6-9-15-26/h6-9,11-17,25,27,30-31,39H,3-5,10,18-23H2,1-2H3,(H,41,44)(H,42,46)/b13-7-/t25-,27-,30+,31+,37-/m1/s1. The molecule has 264 valence electrons. The highest BCUT2D eigenvalue weighted by molar-refractivity contribution is 7.91. The lowest BCUT2D eigenvalue weighted by Gasteiger charge is -2.30. The monoisotopic (exact) mass is 700 g/mol. The smallest absolute Gasteiger partial charge is 0.259 e. The summed E-state index contributed by atoms with van der Waals surface area (Å²) in [7, 11) is -3.94. The molecule has 7 rings (SSSR count). The van der Waals surface area contributed by atoms with E-state index < -0.39 is 50.3 Å². The Hall–Kier alpha value is -4.52. The summed E-state index contributed by atoms with van der Waals surface area (Å²) in [5, 5.41) is 6.34. The third-order valence-corrected chi connectivity index (χ3v) is 12.7. The van der Waals surface area contributed by atoms with Gasteiger partial charge >= 0.3 is 0 Å². The van der Waals surface area contributed by atoms with Crippen LogP contribution in [0.25, 0.3) is 11.0 Å². The van der Waals surface area contributed by atoms with Crippen LogP contribution >= 0.6 is 0 Å². The zero-order valence-corrected chi connectivity index (χ0v) is 29.2. The number of amides is 3. The maximum absolute atomic E-state index is 14.5. The van der Waals surface area contributed by atoms with E-state index in [4.69, 9.17) is 4.74 Å². The van der Waals surface area contributed by atoms with Gasteiger partial charge < -0.3 is 20.3 Å². The molecule has 50 heavy (non-hydrogen) atoms. The summed E-state index contributed by atoms with van der Waals surface area (Å²) in [6, 6.07) is 15.4. The van der Waals surface area contributed by atoms with E-state index in [1.165, 1.54) is 0 Å². The molecule has 12 nitrogen and oxygen atoms in total. The Morgan fingerprint density at radius 3 is 2.46 bits per heavy atom. The van der Waals surface area contributed by atoms with Gasteiger partial charge in [-0.15, -0.1) is 0 Å². The van der Waals surface area contributed by atoms with Gasteiger partial charge in [-0.2, -0.15) is 0 Å². The summed E-state index contributed by atoms with van der Waals surface area (Å²) >= 11 is 0. The van der Waals surface area contributed by atoms with Gasteiger partial charge in [-0.3, -0.25) is 19.1 Å². The SMILES string of the molecule is Cc1nc2ccccc2nc1O[C@@H]1C[C@H]2C(=O)N[C@]3(C(=O)NS(=O)(=O)C4(C)CC4)C[C@H]3/C=C\CCCCC[C@H](Nc3ccccc3)C(=O)N2C1. The van der Waals surface area contributed by atoms with E-state index in [-0.39, 0.29) is 31.2 Å². The number of aryl methyl sites for hydroxylation is 1. The normalized spacial score (nSPS) is 28.6. The van der Waals surface area contributed by atoms with E-state index in [0.717, 1.165) is 36.9 Å². The first-order chi connectivity index (χ1) is 24.0. The van der Waals surface area contributed by atoms with Crippen LogP contribution in [0, 0.1) is 12.8 Å². The van der Waals surface area contributed by atoms with Crippen LogP contribution in [-0.4, -0.2) is 76.0 Å². The van der Waals surface area contributed by atoms with Crippen molar-refractivity contribution in [2.24, 2.45) is 5.92 Å². The lowest BCUT2D eigenvalue weighted by molar-refractivity contribution is -0.140. The fraction of sp³-hybridized carbons (Fsp3) is 0.486. The molecule has 1 saturated heterocycles. The molecule has 3 amide bonds. The van der Waals surface area contributed by atoms with Crippen LogP contribution in [0.2, 0.25) is 0 Å². The minimum absolute atomic E-state index is 0.118. The van der Waals surface area contributed by atoms with E-state index in [1.54, 1.807) is 18.7 Å². The largest absolute Gasteiger partial charge is 0.471 e. The first kappa shape index (κ1) is 34.0. The van der Waals surface area contributed by atoms with Crippen LogP contribution in [0.1, 0.15) is 70.4 Å². The fourth-order valence-electron chi connectivity index (χ4n) is 7.02. The Kier molecular flexibility index (Phi) is 9.04. The van der Waals surface area contributed by atoms with E-state index in [1.807, 2.05) is 66.7 Å². The van der Waals surface area contributed by atoms with Gasteiger partial charge in [0.05, 0.1) is 22.3 Å². The molecule has 0 unspecified atom stereocenters. The summed E-state index contributed by atoms with van der Waals surface area (Å²) < 4.78 is 33.9. The summed E-state index contributed by atoms with van der Waals surface area (Å²) in [6.45, 7) is 3.54. The number of carbonyl (C=O) groups is 3. The number of hydrogen-bond acceptors (Lipinski definition) is 9. The Morgan fingerprint density at radius 2 is 1.72 bits per heavy atom. The molecule has 2 aliphatic heterocycles. The quantitative estimate of drug-likeness (QED) is 0.308. The Labute approximate surface area is 292 Å². The van der Waals surface area contributed by atoms with Gasteiger partial charge in [0.25, 0.3) is 5.91 Å². The number of rotatable bonds is 7.